The second kappa shape index (κ2) is 6.05. The molecule has 1 amide bonds. The van der Waals surface area contributed by atoms with E-state index in [-0.39, 0.29) is 31.1 Å². The molecule has 21 heavy (non-hydrogen) atoms. The van der Waals surface area contributed by atoms with E-state index in [1.54, 1.807) is 6.92 Å². The Bertz CT molecular complexity index is 499. The average Bonchev–Trinajstić information content (AvgIpc) is 2.66. The Hall–Kier alpha value is -1.56. The smallest absolute Gasteiger partial charge is 0.322 e. The first-order valence-electron chi connectivity index (χ1n) is 6.98. The minimum absolute atomic E-state index is 0.0774. The van der Waals surface area contributed by atoms with E-state index >= 15 is 0 Å². The summed E-state index contributed by atoms with van der Waals surface area (Å²) in [6, 6.07) is 7.28. The summed E-state index contributed by atoms with van der Waals surface area (Å²) < 4.78 is 36.7. The normalized spacial score (nSPS) is 22.9. The van der Waals surface area contributed by atoms with Crippen molar-refractivity contribution < 1.29 is 18.0 Å². The number of halogens is 3. The molecule has 1 saturated heterocycles. The van der Waals surface area contributed by atoms with Crippen LogP contribution in [0.25, 0.3) is 0 Å². The van der Waals surface area contributed by atoms with Crippen LogP contribution in [0.15, 0.2) is 24.3 Å². The monoisotopic (exact) mass is 300 g/mol. The van der Waals surface area contributed by atoms with Crippen LogP contribution in [0.5, 0.6) is 0 Å². The lowest BCUT2D eigenvalue weighted by atomic mass is 10.1. The highest BCUT2D eigenvalue weighted by molar-refractivity contribution is 5.84. The summed E-state index contributed by atoms with van der Waals surface area (Å²) in [6.07, 6.45) is -5.47. The molecule has 1 N–H and O–H groups in total. The minimum atomic E-state index is -4.18. The van der Waals surface area contributed by atoms with Crippen LogP contribution in [0.3, 0.4) is 0 Å². The SMILES string of the molecule is Cc1ccc(C2NC(C)C(=O)N2CCCC(F)(F)F)cc1. The molecule has 1 aromatic carbocycles. The van der Waals surface area contributed by atoms with Crippen molar-refractivity contribution in [2.24, 2.45) is 0 Å². The van der Waals surface area contributed by atoms with Gasteiger partial charge in [0.15, 0.2) is 0 Å². The molecular weight excluding hydrogens is 281 g/mol. The molecule has 0 saturated carbocycles. The van der Waals surface area contributed by atoms with Gasteiger partial charge in [0.05, 0.1) is 6.04 Å². The molecule has 2 atom stereocenters. The number of alkyl halides is 3. The predicted octanol–water partition coefficient (Wildman–Crippen LogP) is 3.16. The van der Waals surface area contributed by atoms with Crippen molar-refractivity contribution in [2.45, 2.75) is 45.1 Å². The van der Waals surface area contributed by atoms with E-state index in [2.05, 4.69) is 5.32 Å². The van der Waals surface area contributed by atoms with Crippen molar-refractivity contribution in [1.82, 2.24) is 10.2 Å². The van der Waals surface area contributed by atoms with Crippen molar-refractivity contribution in [1.29, 1.82) is 0 Å². The first-order valence-corrected chi connectivity index (χ1v) is 6.98. The van der Waals surface area contributed by atoms with E-state index in [1.165, 1.54) is 4.90 Å². The van der Waals surface area contributed by atoms with Crippen LogP contribution in [-0.4, -0.2) is 29.6 Å². The number of aryl methyl sites for hydroxylation is 1. The largest absolute Gasteiger partial charge is 0.389 e. The standard InChI is InChI=1S/C15H19F3N2O/c1-10-4-6-12(7-5-10)13-19-11(2)14(21)20(13)9-3-8-15(16,17)18/h4-7,11,13,19H,3,8-9H2,1-2H3. The molecule has 3 nitrogen and oxygen atoms in total. The lowest BCUT2D eigenvalue weighted by Crippen LogP contribution is -2.32. The van der Waals surface area contributed by atoms with Gasteiger partial charge in [0.2, 0.25) is 5.91 Å². The van der Waals surface area contributed by atoms with Gasteiger partial charge in [-0.2, -0.15) is 13.2 Å². The summed E-state index contributed by atoms with van der Waals surface area (Å²) >= 11 is 0. The van der Waals surface area contributed by atoms with Gasteiger partial charge in [-0.15, -0.1) is 0 Å². The summed E-state index contributed by atoms with van der Waals surface area (Å²) in [4.78, 5) is 13.6. The summed E-state index contributed by atoms with van der Waals surface area (Å²) in [6.45, 7) is 3.79. The van der Waals surface area contributed by atoms with E-state index in [0.29, 0.717) is 0 Å². The Morgan fingerprint density at radius 3 is 2.43 bits per heavy atom. The average molecular weight is 300 g/mol. The number of nitrogens with one attached hydrogen (secondary N) is 1. The Morgan fingerprint density at radius 1 is 1.24 bits per heavy atom. The number of carbonyl (C=O) groups excluding carboxylic acids is 1. The number of carbonyl (C=O) groups is 1. The molecule has 1 aromatic rings. The van der Waals surface area contributed by atoms with Gasteiger partial charge in [-0.3, -0.25) is 10.1 Å². The zero-order valence-corrected chi connectivity index (χ0v) is 12.1. The van der Waals surface area contributed by atoms with Crippen LogP contribution in [0.4, 0.5) is 13.2 Å². The molecule has 0 aliphatic carbocycles. The fourth-order valence-electron chi connectivity index (χ4n) is 2.49. The van der Waals surface area contributed by atoms with Crippen molar-refractivity contribution in [2.75, 3.05) is 6.54 Å². The van der Waals surface area contributed by atoms with Crippen molar-refractivity contribution in [3.05, 3.63) is 35.4 Å². The van der Waals surface area contributed by atoms with Crippen LogP contribution >= 0.6 is 0 Å². The van der Waals surface area contributed by atoms with Crippen molar-refractivity contribution in [3.8, 4) is 0 Å². The van der Waals surface area contributed by atoms with Crippen LogP contribution in [0, 0.1) is 6.92 Å². The van der Waals surface area contributed by atoms with Gasteiger partial charge in [0.1, 0.15) is 6.17 Å². The summed E-state index contributed by atoms with van der Waals surface area (Å²) in [5.41, 5.74) is 1.99. The first-order chi connectivity index (χ1) is 9.78. The highest BCUT2D eigenvalue weighted by Crippen LogP contribution is 2.28. The molecule has 1 aliphatic heterocycles. The van der Waals surface area contributed by atoms with Gasteiger partial charge >= 0.3 is 6.18 Å². The highest BCUT2D eigenvalue weighted by Gasteiger charge is 2.37. The Labute approximate surface area is 122 Å². The maximum atomic E-state index is 12.2. The third-order valence-electron chi connectivity index (χ3n) is 3.63. The first kappa shape index (κ1) is 15.8. The van der Waals surface area contributed by atoms with Crippen molar-refractivity contribution in [3.63, 3.8) is 0 Å². The molecule has 6 heteroatoms. The zero-order chi connectivity index (χ0) is 15.6. The molecule has 0 spiro atoms. The molecule has 0 aromatic heterocycles. The van der Waals surface area contributed by atoms with Crippen LogP contribution < -0.4 is 5.32 Å². The third kappa shape index (κ3) is 3.97. The second-order valence-corrected chi connectivity index (χ2v) is 5.45. The van der Waals surface area contributed by atoms with E-state index in [1.807, 2.05) is 31.2 Å². The van der Waals surface area contributed by atoms with E-state index in [9.17, 15) is 18.0 Å². The van der Waals surface area contributed by atoms with E-state index in [0.717, 1.165) is 11.1 Å². The summed E-state index contributed by atoms with van der Waals surface area (Å²) in [7, 11) is 0. The van der Waals surface area contributed by atoms with Crippen LogP contribution in [-0.2, 0) is 4.79 Å². The molecule has 2 rings (SSSR count). The molecule has 0 bridgehead atoms. The number of hydrogen-bond acceptors (Lipinski definition) is 2. The van der Waals surface area contributed by atoms with Gasteiger partial charge < -0.3 is 4.90 Å². The maximum Gasteiger partial charge on any atom is 0.389 e. The van der Waals surface area contributed by atoms with Gasteiger partial charge in [0, 0.05) is 13.0 Å². The lowest BCUT2D eigenvalue weighted by Gasteiger charge is -2.25. The molecule has 2 unspecified atom stereocenters. The molecular formula is C15H19F3N2O. The number of rotatable bonds is 4. The fraction of sp³-hybridized carbons (Fsp3) is 0.533. The van der Waals surface area contributed by atoms with Gasteiger partial charge in [-0.1, -0.05) is 29.8 Å². The third-order valence-corrected chi connectivity index (χ3v) is 3.63. The Morgan fingerprint density at radius 2 is 1.86 bits per heavy atom. The molecule has 1 heterocycles. The van der Waals surface area contributed by atoms with E-state index in [4.69, 9.17) is 0 Å². The predicted molar refractivity (Wildman–Crippen MR) is 73.5 cm³/mol. The number of hydrogen-bond donors (Lipinski definition) is 1. The summed E-state index contributed by atoms with van der Waals surface area (Å²) in [5, 5.41) is 3.13. The zero-order valence-electron chi connectivity index (χ0n) is 12.1. The van der Waals surface area contributed by atoms with E-state index < -0.39 is 12.6 Å². The van der Waals surface area contributed by atoms with Gasteiger partial charge in [-0.25, -0.2) is 0 Å². The molecule has 116 valence electrons. The minimum Gasteiger partial charge on any atom is -0.322 e. The quantitative estimate of drug-likeness (QED) is 0.926. The number of nitrogens with zero attached hydrogens (tertiary/aromatic N) is 1. The number of amides is 1. The summed E-state index contributed by atoms with van der Waals surface area (Å²) in [5.74, 6) is -0.150. The molecule has 1 aliphatic rings. The second-order valence-electron chi connectivity index (χ2n) is 5.45. The maximum absolute atomic E-state index is 12.2. The molecule has 1 fully saturated rings. The Kier molecular flexibility index (Phi) is 4.56. The van der Waals surface area contributed by atoms with Crippen molar-refractivity contribution >= 4 is 5.91 Å². The Balaban J connectivity index is 2.08. The van der Waals surface area contributed by atoms with Crippen LogP contribution in [0.1, 0.15) is 37.1 Å². The lowest BCUT2D eigenvalue weighted by molar-refractivity contribution is -0.140. The molecule has 0 radical (unpaired) electrons. The number of benzene rings is 1. The van der Waals surface area contributed by atoms with Crippen LogP contribution in [0.2, 0.25) is 0 Å². The topological polar surface area (TPSA) is 32.3 Å². The fourth-order valence-corrected chi connectivity index (χ4v) is 2.49. The van der Waals surface area contributed by atoms with Gasteiger partial charge in [-0.05, 0) is 25.8 Å². The highest BCUT2D eigenvalue weighted by atomic mass is 19.4. The van der Waals surface area contributed by atoms with Gasteiger partial charge in [0.25, 0.3) is 0 Å².